The molecule has 5 N–H and O–H groups in total. The number of nitrogen functional groups attached to an aromatic ring is 1. The Morgan fingerprint density at radius 1 is 1.44 bits per heavy atom. The van der Waals surface area contributed by atoms with Crippen molar-refractivity contribution in [2.24, 2.45) is 5.73 Å². The molecular formula is C9H12BrN3O4S. The van der Waals surface area contributed by atoms with E-state index in [9.17, 15) is 13.2 Å². The largest absolute Gasteiger partial charge is 0.448 e. The minimum absolute atomic E-state index is 0.0580. The van der Waals surface area contributed by atoms with Gasteiger partial charge in [-0.2, -0.15) is 0 Å². The highest BCUT2D eigenvalue weighted by molar-refractivity contribution is 9.10. The zero-order chi connectivity index (χ0) is 13.8. The molecule has 0 saturated carbocycles. The van der Waals surface area contributed by atoms with Crippen molar-refractivity contribution < 1.29 is 17.9 Å². The number of amides is 1. The highest BCUT2D eigenvalue weighted by Gasteiger charge is 2.14. The van der Waals surface area contributed by atoms with Gasteiger partial charge in [-0.25, -0.2) is 17.9 Å². The van der Waals surface area contributed by atoms with Crippen LogP contribution in [0.15, 0.2) is 27.6 Å². The fourth-order valence-corrected chi connectivity index (χ4v) is 2.66. The number of halogens is 1. The molecule has 7 nitrogen and oxygen atoms in total. The Morgan fingerprint density at radius 2 is 2.11 bits per heavy atom. The van der Waals surface area contributed by atoms with E-state index in [1.54, 1.807) is 0 Å². The van der Waals surface area contributed by atoms with Crippen LogP contribution in [0.1, 0.15) is 0 Å². The molecule has 9 heteroatoms. The maximum Gasteiger partial charge on any atom is 0.404 e. The molecule has 0 radical (unpaired) electrons. The molecule has 1 rings (SSSR count). The van der Waals surface area contributed by atoms with Crippen LogP contribution in [0.2, 0.25) is 0 Å². The summed E-state index contributed by atoms with van der Waals surface area (Å²) in [6.45, 7) is -0.196. The van der Waals surface area contributed by atoms with Crippen molar-refractivity contribution in [1.29, 1.82) is 0 Å². The van der Waals surface area contributed by atoms with Gasteiger partial charge in [-0.05, 0) is 34.1 Å². The number of carbonyl (C=O) groups is 1. The van der Waals surface area contributed by atoms with E-state index in [1.807, 2.05) is 0 Å². The van der Waals surface area contributed by atoms with Gasteiger partial charge >= 0.3 is 6.09 Å². The van der Waals surface area contributed by atoms with Crippen molar-refractivity contribution in [1.82, 2.24) is 4.72 Å². The molecule has 1 aromatic carbocycles. The van der Waals surface area contributed by atoms with Gasteiger partial charge in [0.2, 0.25) is 10.0 Å². The third kappa shape index (κ3) is 4.17. The number of ether oxygens (including phenoxy) is 1. The van der Waals surface area contributed by atoms with Gasteiger partial charge in [0.15, 0.2) is 0 Å². The minimum Gasteiger partial charge on any atom is -0.448 e. The summed E-state index contributed by atoms with van der Waals surface area (Å²) in [5.41, 5.74) is 10.7. The molecule has 0 unspecified atom stereocenters. The first-order valence-corrected chi connectivity index (χ1v) is 7.07. The predicted molar refractivity (Wildman–Crippen MR) is 69.3 cm³/mol. The van der Waals surface area contributed by atoms with E-state index in [4.69, 9.17) is 11.5 Å². The first kappa shape index (κ1) is 14.7. The number of primary amides is 1. The zero-order valence-electron chi connectivity index (χ0n) is 9.22. The molecular weight excluding hydrogens is 326 g/mol. The SMILES string of the molecule is NC(=O)OCCNS(=O)(=O)c1ccc(N)c(Br)c1. The van der Waals surface area contributed by atoms with Gasteiger partial charge in [0.05, 0.1) is 4.90 Å². The molecule has 1 aromatic rings. The van der Waals surface area contributed by atoms with E-state index in [0.717, 1.165) is 0 Å². The molecule has 18 heavy (non-hydrogen) atoms. The molecule has 0 saturated heterocycles. The summed E-state index contributed by atoms with van der Waals surface area (Å²) >= 11 is 3.14. The molecule has 0 atom stereocenters. The lowest BCUT2D eigenvalue weighted by Gasteiger charge is -2.07. The summed E-state index contributed by atoms with van der Waals surface area (Å²) in [6, 6.07) is 4.22. The zero-order valence-corrected chi connectivity index (χ0v) is 11.6. The van der Waals surface area contributed by atoms with Gasteiger partial charge < -0.3 is 16.2 Å². The average Bonchev–Trinajstić information content (AvgIpc) is 2.28. The molecule has 1 amide bonds. The van der Waals surface area contributed by atoms with Crippen LogP contribution in [0.3, 0.4) is 0 Å². The number of carbonyl (C=O) groups excluding carboxylic acids is 1. The molecule has 0 heterocycles. The van der Waals surface area contributed by atoms with Crippen LogP contribution < -0.4 is 16.2 Å². The van der Waals surface area contributed by atoms with Crippen LogP contribution in [0.5, 0.6) is 0 Å². The van der Waals surface area contributed by atoms with Crippen molar-refractivity contribution in [3.8, 4) is 0 Å². The summed E-state index contributed by atoms with van der Waals surface area (Å²) in [5.74, 6) is 0. The third-order valence-corrected chi connectivity index (χ3v) is 4.07. The fourth-order valence-electron chi connectivity index (χ4n) is 1.09. The Morgan fingerprint density at radius 3 is 2.67 bits per heavy atom. The molecule has 0 bridgehead atoms. The van der Waals surface area contributed by atoms with Crippen LogP contribution in [0.4, 0.5) is 10.5 Å². The number of sulfonamides is 1. The van der Waals surface area contributed by atoms with Gasteiger partial charge in [0, 0.05) is 16.7 Å². The summed E-state index contributed by atoms with van der Waals surface area (Å²) in [6.07, 6.45) is -0.954. The van der Waals surface area contributed by atoms with E-state index in [2.05, 4.69) is 25.4 Å². The highest BCUT2D eigenvalue weighted by atomic mass is 79.9. The second-order valence-corrected chi connectivity index (χ2v) is 5.87. The second kappa shape index (κ2) is 6.03. The van der Waals surface area contributed by atoms with E-state index in [1.165, 1.54) is 18.2 Å². The topological polar surface area (TPSA) is 125 Å². The molecule has 0 aliphatic heterocycles. The van der Waals surface area contributed by atoms with Crippen LogP contribution in [0, 0.1) is 0 Å². The molecule has 100 valence electrons. The van der Waals surface area contributed by atoms with Gasteiger partial charge in [-0.3, -0.25) is 0 Å². The van der Waals surface area contributed by atoms with Crippen LogP contribution in [-0.2, 0) is 14.8 Å². The molecule has 0 aliphatic carbocycles. The average molecular weight is 338 g/mol. The standard InChI is InChI=1S/C9H12BrN3O4S/c10-7-5-6(1-2-8(7)11)18(15,16)13-3-4-17-9(12)14/h1-2,5,13H,3-4,11H2,(H2,12,14). The number of rotatable bonds is 5. The predicted octanol–water partition coefficient (Wildman–Crippen LogP) is 0.405. The van der Waals surface area contributed by atoms with Gasteiger partial charge in [-0.1, -0.05) is 0 Å². The first-order valence-electron chi connectivity index (χ1n) is 4.80. The summed E-state index contributed by atoms with van der Waals surface area (Å²) in [5, 5.41) is 0. The summed E-state index contributed by atoms with van der Waals surface area (Å²) < 4.78 is 30.7. The fraction of sp³-hybridized carbons (Fsp3) is 0.222. The highest BCUT2D eigenvalue weighted by Crippen LogP contribution is 2.22. The van der Waals surface area contributed by atoms with Crippen LogP contribution in [-0.4, -0.2) is 27.7 Å². The number of nitrogens with two attached hydrogens (primary N) is 2. The van der Waals surface area contributed by atoms with Crippen molar-refractivity contribution in [3.63, 3.8) is 0 Å². The molecule has 0 aromatic heterocycles. The van der Waals surface area contributed by atoms with Crippen molar-refractivity contribution in [2.75, 3.05) is 18.9 Å². The smallest absolute Gasteiger partial charge is 0.404 e. The van der Waals surface area contributed by atoms with Crippen LogP contribution in [0.25, 0.3) is 0 Å². The number of anilines is 1. The lowest BCUT2D eigenvalue weighted by Crippen LogP contribution is -2.29. The number of hydrogen-bond donors (Lipinski definition) is 3. The van der Waals surface area contributed by atoms with Crippen molar-refractivity contribution in [3.05, 3.63) is 22.7 Å². The molecule has 0 spiro atoms. The normalized spacial score (nSPS) is 11.2. The Hall–Kier alpha value is -1.32. The second-order valence-electron chi connectivity index (χ2n) is 3.25. The maximum atomic E-state index is 11.8. The number of nitrogens with one attached hydrogen (secondary N) is 1. The van der Waals surface area contributed by atoms with Crippen molar-refractivity contribution in [2.45, 2.75) is 4.90 Å². The number of benzene rings is 1. The van der Waals surface area contributed by atoms with Gasteiger partial charge in [0.1, 0.15) is 6.61 Å². The van der Waals surface area contributed by atoms with Crippen molar-refractivity contribution >= 4 is 37.7 Å². The Bertz CT molecular complexity index is 547. The van der Waals surface area contributed by atoms with E-state index >= 15 is 0 Å². The van der Waals surface area contributed by atoms with E-state index in [0.29, 0.717) is 10.2 Å². The monoisotopic (exact) mass is 337 g/mol. The third-order valence-electron chi connectivity index (χ3n) is 1.92. The first-order chi connectivity index (χ1) is 8.33. The van der Waals surface area contributed by atoms with Crippen LogP contribution >= 0.6 is 15.9 Å². The summed E-state index contributed by atoms with van der Waals surface area (Å²) in [7, 11) is -3.67. The summed E-state index contributed by atoms with van der Waals surface area (Å²) in [4.78, 5) is 10.3. The Balaban J connectivity index is 2.68. The lowest BCUT2D eigenvalue weighted by atomic mass is 10.3. The van der Waals surface area contributed by atoms with E-state index in [-0.39, 0.29) is 18.0 Å². The van der Waals surface area contributed by atoms with E-state index < -0.39 is 16.1 Å². The number of hydrogen-bond acceptors (Lipinski definition) is 5. The quantitative estimate of drug-likeness (QED) is 0.530. The lowest BCUT2D eigenvalue weighted by molar-refractivity contribution is 0.159. The molecule has 0 aliphatic rings. The van der Waals surface area contributed by atoms with Gasteiger partial charge in [0.25, 0.3) is 0 Å². The molecule has 0 fully saturated rings. The maximum absolute atomic E-state index is 11.8. The van der Waals surface area contributed by atoms with Gasteiger partial charge in [-0.15, -0.1) is 0 Å². The minimum atomic E-state index is -3.67. The Kier molecular flexibility index (Phi) is 4.93. The Labute approximate surface area is 113 Å².